The Balaban J connectivity index is 2.27. The van der Waals surface area contributed by atoms with Crippen LogP contribution in [0.2, 0.25) is 10.0 Å². The summed E-state index contributed by atoms with van der Waals surface area (Å²) in [6.45, 7) is 2.27. The van der Waals surface area contributed by atoms with Crippen LogP contribution < -0.4 is 9.88 Å². The molecule has 0 atom stereocenters. The minimum absolute atomic E-state index is 0.0248. The van der Waals surface area contributed by atoms with Gasteiger partial charge in [-0.2, -0.15) is 0 Å². The Bertz CT molecular complexity index is 776. The zero-order chi connectivity index (χ0) is 15.6. The van der Waals surface area contributed by atoms with Gasteiger partial charge in [0.15, 0.2) is 0 Å². The third-order valence-electron chi connectivity index (χ3n) is 2.96. The monoisotopic (exact) mass is 345 g/mol. The molecule has 112 valence electrons. The maximum atomic E-state index is 11.3. The van der Waals surface area contributed by atoms with E-state index in [4.69, 9.17) is 33.1 Å². The summed E-state index contributed by atoms with van der Waals surface area (Å²) in [4.78, 5) is -0.225. The van der Waals surface area contributed by atoms with Gasteiger partial charge in [-0.25, -0.2) is 13.6 Å². The average Bonchev–Trinajstić information content (AvgIpc) is 2.40. The van der Waals surface area contributed by atoms with Crippen molar-refractivity contribution in [2.75, 3.05) is 0 Å². The predicted octanol–water partition coefficient (Wildman–Crippen LogP) is 3.53. The zero-order valence-corrected chi connectivity index (χ0v) is 13.5. The molecular weight excluding hydrogens is 333 g/mol. The summed E-state index contributed by atoms with van der Waals surface area (Å²) < 4.78 is 28.3. The standard InChI is InChI=1S/C14H13Cl2NO3S/c1-9-4-2-3-5-10(9)8-20-11-6-7-12(21(17,18)19)14(16)13(11)15/h2-7H,8H2,1H3,(H2,17,18,19). The summed E-state index contributed by atoms with van der Waals surface area (Å²) in [5.41, 5.74) is 2.08. The maximum absolute atomic E-state index is 11.3. The lowest BCUT2D eigenvalue weighted by Crippen LogP contribution is -2.13. The number of benzene rings is 2. The fraction of sp³-hybridized carbons (Fsp3) is 0.143. The molecular formula is C14H13Cl2NO3S. The van der Waals surface area contributed by atoms with Crippen molar-refractivity contribution in [3.05, 3.63) is 57.6 Å². The highest BCUT2D eigenvalue weighted by molar-refractivity contribution is 7.89. The molecule has 0 saturated carbocycles. The Hall–Kier alpha value is -1.27. The summed E-state index contributed by atoms with van der Waals surface area (Å²) in [6, 6.07) is 10.5. The lowest BCUT2D eigenvalue weighted by atomic mass is 10.1. The predicted molar refractivity (Wildman–Crippen MR) is 83.3 cm³/mol. The van der Waals surface area contributed by atoms with Gasteiger partial charge in [0.2, 0.25) is 10.0 Å². The van der Waals surface area contributed by atoms with Crippen molar-refractivity contribution in [1.29, 1.82) is 0 Å². The largest absolute Gasteiger partial charge is 0.487 e. The molecule has 0 fully saturated rings. The number of nitrogens with two attached hydrogens (primary N) is 1. The first-order valence-electron chi connectivity index (χ1n) is 5.99. The van der Waals surface area contributed by atoms with Crippen molar-refractivity contribution in [2.45, 2.75) is 18.4 Å². The van der Waals surface area contributed by atoms with E-state index in [-0.39, 0.29) is 14.9 Å². The fourth-order valence-corrected chi connectivity index (χ4v) is 3.14. The van der Waals surface area contributed by atoms with E-state index in [2.05, 4.69) is 0 Å². The molecule has 4 nitrogen and oxygen atoms in total. The number of hydrogen-bond acceptors (Lipinski definition) is 3. The van der Waals surface area contributed by atoms with Gasteiger partial charge in [-0.05, 0) is 30.2 Å². The van der Waals surface area contributed by atoms with Crippen LogP contribution >= 0.6 is 23.2 Å². The molecule has 0 aliphatic rings. The molecule has 7 heteroatoms. The zero-order valence-electron chi connectivity index (χ0n) is 11.1. The molecule has 0 aliphatic carbocycles. The molecule has 2 N–H and O–H groups in total. The van der Waals surface area contributed by atoms with Gasteiger partial charge in [0.05, 0.1) is 5.02 Å². The summed E-state index contributed by atoms with van der Waals surface area (Å²) >= 11 is 12.0. The second-order valence-electron chi connectivity index (χ2n) is 4.45. The fourth-order valence-electron chi connectivity index (χ4n) is 1.77. The van der Waals surface area contributed by atoms with E-state index in [0.717, 1.165) is 11.1 Å². The Kier molecular flexibility index (Phi) is 4.78. The van der Waals surface area contributed by atoms with Crippen molar-refractivity contribution >= 4 is 33.2 Å². The van der Waals surface area contributed by atoms with Crippen molar-refractivity contribution in [3.63, 3.8) is 0 Å². The van der Waals surface area contributed by atoms with Gasteiger partial charge in [0.25, 0.3) is 0 Å². The summed E-state index contributed by atoms with van der Waals surface area (Å²) in [7, 11) is -3.92. The van der Waals surface area contributed by atoms with Gasteiger partial charge in [-0.1, -0.05) is 47.5 Å². The smallest absolute Gasteiger partial charge is 0.239 e. The molecule has 21 heavy (non-hydrogen) atoms. The third kappa shape index (κ3) is 3.68. The molecule has 0 radical (unpaired) electrons. The molecule has 0 saturated heterocycles. The molecule has 2 aromatic rings. The first-order chi connectivity index (χ1) is 9.80. The number of aryl methyl sites for hydroxylation is 1. The van der Waals surface area contributed by atoms with Crippen LogP contribution in [0.4, 0.5) is 0 Å². The Labute approximate surface area is 133 Å². The molecule has 2 aromatic carbocycles. The molecule has 0 amide bonds. The third-order valence-corrected chi connectivity index (χ3v) is 4.89. The van der Waals surface area contributed by atoms with E-state index in [9.17, 15) is 8.42 Å². The van der Waals surface area contributed by atoms with E-state index in [0.29, 0.717) is 12.4 Å². The lowest BCUT2D eigenvalue weighted by molar-refractivity contribution is 0.305. The molecule has 2 rings (SSSR count). The van der Waals surface area contributed by atoms with E-state index in [1.807, 2.05) is 31.2 Å². The number of ether oxygens (including phenoxy) is 1. The quantitative estimate of drug-likeness (QED) is 0.921. The molecule has 0 aromatic heterocycles. The molecule has 0 bridgehead atoms. The van der Waals surface area contributed by atoms with Crippen molar-refractivity contribution in [3.8, 4) is 5.75 Å². The normalized spacial score (nSPS) is 11.4. The number of hydrogen-bond donors (Lipinski definition) is 1. The number of halogens is 2. The average molecular weight is 346 g/mol. The van der Waals surface area contributed by atoms with Gasteiger partial charge < -0.3 is 4.74 Å². The van der Waals surface area contributed by atoms with Crippen LogP contribution in [0.3, 0.4) is 0 Å². The SMILES string of the molecule is Cc1ccccc1COc1ccc(S(N)(=O)=O)c(Cl)c1Cl. The summed E-state index contributed by atoms with van der Waals surface area (Å²) in [6.07, 6.45) is 0. The Morgan fingerprint density at radius 2 is 1.76 bits per heavy atom. The lowest BCUT2D eigenvalue weighted by Gasteiger charge is -2.12. The topological polar surface area (TPSA) is 69.4 Å². The maximum Gasteiger partial charge on any atom is 0.239 e. The highest BCUT2D eigenvalue weighted by Crippen LogP contribution is 2.36. The van der Waals surface area contributed by atoms with Crippen LogP contribution in [0.15, 0.2) is 41.3 Å². The van der Waals surface area contributed by atoms with E-state index < -0.39 is 10.0 Å². The summed E-state index contributed by atoms with van der Waals surface area (Å²) in [5.74, 6) is 0.303. The first-order valence-corrected chi connectivity index (χ1v) is 8.29. The second-order valence-corrected chi connectivity index (χ2v) is 6.74. The van der Waals surface area contributed by atoms with Crippen LogP contribution in [0.1, 0.15) is 11.1 Å². The molecule has 0 aliphatic heterocycles. The minimum atomic E-state index is -3.92. The molecule has 0 spiro atoms. The highest BCUT2D eigenvalue weighted by Gasteiger charge is 2.18. The van der Waals surface area contributed by atoms with Gasteiger partial charge in [-0.15, -0.1) is 0 Å². The van der Waals surface area contributed by atoms with Crippen LogP contribution in [0, 0.1) is 6.92 Å². The molecule has 0 unspecified atom stereocenters. The van der Waals surface area contributed by atoms with Crippen molar-refractivity contribution in [1.82, 2.24) is 0 Å². The van der Waals surface area contributed by atoms with Gasteiger partial charge in [0.1, 0.15) is 22.3 Å². The Morgan fingerprint density at radius 1 is 1.10 bits per heavy atom. The van der Waals surface area contributed by atoms with Gasteiger partial charge in [-0.3, -0.25) is 0 Å². The van der Waals surface area contributed by atoms with Gasteiger partial charge in [0, 0.05) is 0 Å². The van der Waals surface area contributed by atoms with Crippen LogP contribution in [0.5, 0.6) is 5.75 Å². The van der Waals surface area contributed by atoms with Crippen molar-refractivity contribution < 1.29 is 13.2 Å². The van der Waals surface area contributed by atoms with Crippen LogP contribution in [0.25, 0.3) is 0 Å². The van der Waals surface area contributed by atoms with Gasteiger partial charge >= 0.3 is 0 Å². The number of primary sulfonamides is 1. The van der Waals surface area contributed by atoms with Crippen molar-refractivity contribution in [2.24, 2.45) is 5.14 Å². The number of rotatable bonds is 4. The Morgan fingerprint density at radius 3 is 2.38 bits per heavy atom. The van der Waals surface area contributed by atoms with Crippen LogP contribution in [-0.4, -0.2) is 8.42 Å². The first kappa shape index (κ1) is 16.1. The second kappa shape index (κ2) is 6.23. The van der Waals surface area contributed by atoms with E-state index in [1.165, 1.54) is 12.1 Å². The van der Waals surface area contributed by atoms with E-state index >= 15 is 0 Å². The minimum Gasteiger partial charge on any atom is -0.487 e. The van der Waals surface area contributed by atoms with Crippen LogP contribution in [-0.2, 0) is 16.6 Å². The van der Waals surface area contributed by atoms with E-state index in [1.54, 1.807) is 0 Å². The number of sulfonamides is 1. The highest BCUT2D eigenvalue weighted by atomic mass is 35.5. The summed E-state index contributed by atoms with van der Waals surface area (Å²) in [5, 5.41) is 4.94. The molecule has 0 heterocycles.